The molecule has 1 fully saturated rings. The number of methoxy groups -OCH3 is 1. The molecule has 1 aliphatic rings. The number of nitrogens with one attached hydrogen (secondary N) is 1. The third-order valence-electron chi connectivity index (χ3n) is 4.53. The van der Waals surface area contributed by atoms with Gasteiger partial charge in [-0.1, -0.05) is 0 Å². The molecule has 0 aromatic heterocycles. The summed E-state index contributed by atoms with van der Waals surface area (Å²) in [5.41, 5.74) is 0.511. The molecule has 0 bridgehead atoms. The molecule has 0 atom stereocenters. The van der Waals surface area contributed by atoms with Crippen LogP contribution in [0.3, 0.4) is 0 Å². The fraction of sp³-hybridized carbons (Fsp3) is 0.278. The molecule has 0 unspecified atom stereocenters. The second-order valence-electron chi connectivity index (χ2n) is 6.25. The van der Waals surface area contributed by atoms with Crippen LogP contribution in [0, 0.1) is 20.2 Å². The molecular formula is C18H18N4O6. The Hall–Kier alpha value is -3.69. The van der Waals surface area contributed by atoms with Gasteiger partial charge in [0.15, 0.2) is 0 Å². The number of carbonyl (C=O) groups is 1. The van der Waals surface area contributed by atoms with E-state index in [-0.39, 0.29) is 28.4 Å². The van der Waals surface area contributed by atoms with Crippen molar-refractivity contribution in [1.29, 1.82) is 0 Å². The largest absolute Gasteiger partial charge is 0.494 e. The minimum absolute atomic E-state index is 0.107. The Morgan fingerprint density at radius 2 is 1.79 bits per heavy atom. The maximum Gasteiger partial charge on any atom is 0.293 e. The highest BCUT2D eigenvalue weighted by Gasteiger charge is 2.24. The highest BCUT2D eigenvalue weighted by atomic mass is 16.6. The van der Waals surface area contributed by atoms with Crippen molar-refractivity contribution in [2.45, 2.75) is 12.8 Å². The van der Waals surface area contributed by atoms with E-state index in [2.05, 4.69) is 5.32 Å². The SMILES string of the molecule is COc1cc([N+](=O)[O-])ccc1NC(=O)c1ccc(N2CCCC2)c([N+](=O)[O-])c1. The molecule has 2 aromatic carbocycles. The maximum atomic E-state index is 12.6. The van der Waals surface area contributed by atoms with Gasteiger partial charge >= 0.3 is 0 Å². The summed E-state index contributed by atoms with van der Waals surface area (Å²) in [5.74, 6) is -0.464. The van der Waals surface area contributed by atoms with Crippen LogP contribution in [-0.4, -0.2) is 36.0 Å². The third kappa shape index (κ3) is 3.85. The van der Waals surface area contributed by atoms with Crippen molar-refractivity contribution in [2.75, 3.05) is 30.4 Å². The molecule has 1 aliphatic heterocycles. The number of anilines is 2. The van der Waals surface area contributed by atoms with E-state index in [9.17, 15) is 25.0 Å². The normalized spacial score (nSPS) is 13.2. The molecule has 28 heavy (non-hydrogen) atoms. The van der Waals surface area contributed by atoms with Crippen molar-refractivity contribution in [3.8, 4) is 5.75 Å². The average molecular weight is 386 g/mol. The molecule has 1 amide bonds. The van der Waals surface area contributed by atoms with Crippen molar-refractivity contribution in [2.24, 2.45) is 0 Å². The van der Waals surface area contributed by atoms with Gasteiger partial charge in [-0.3, -0.25) is 25.0 Å². The van der Waals surface area contributed by atoms with E-state index in [1.54, 1.807) is 6.07 Å². The summed E-state index contributed by atoms with van der Waals surface area (Å²) >= 11 is 0. The lowest BCUT2D eigenvalue weighted by Gasteiger charge is -2.18. The monoisotopic (exact) mass is 386 g/mol. The van der Waals surface area contributed by atoms with Gasteiger partial charge in [0.1, 0.15) is 11.4 Å². The smallest absolute Gasteiger partial charge is 0.293 e. The Bertz CT molecular complexity index is 940. The van der Waals surface area contributed by atoms with Crippen LogP contribution in [0.25, 0.3) is 0 Å². The lowest BCUT2D eigenvalue weighted by molar-refractivity contribution is -0.384. The number of ether oxygens (including phenoxy) is 1. The van der Waals surface area contributed by atoms with E-state index in [1.165, 1.54) is 37.4 Å². The Kier molecular flexibility index (Phi) is 5.39. The number of rotatable bonds is 6. The van der Waals surface area contributed by atoms with Gasteiger partial charge in [-0.2, -0.15) is 0 Å². The predicted octanol–water partition coefficient (Wildman–Crippen LogP) is 3.36. The number of carbonyl (C=O) groups excluding carboxylic acids is 1. The van der Waals surface area contributed by atoms with Gasteiger partial charge < -0.3 is 15.0 Å². The number of hydrogen-bond acceptors (Lipinski definition) is 7. The zero-order chi connectivity index (χ0) is 20.3. The summed E-state index contributed by atoms with van der Waals surface area (Å²) in [5, 5.41) is 24.9. The van der Waals surface area contributed by atoms with E-state index in [1.807, 2.05) is 4.90 Å². The molecule has 2 aromatic rings. The van der Waals surface area contributed by atoms with Gasteiger partial charge in [-0.15, -0.1) is 0 Å². The molecule has 0 aliphatic carbocycles. The zero-order valence-corrected chi connectivity index (χ0v) is 15.1. The van der Waals surface area contributed by atoms with Crippen LogP contribution in [0.5, 0.6) is 5.75 Å². The lowest BCUT2D eigenvalue weighted by Crippen LogP contribution is -2.20. The summed E-state index contributed by atoms with van der Waals surface area (Å²) < 4.78 is 5.09. The first-order chi connectivity index (χ1) is 13.4. The van der Waals surface area contributed by atoms with Gasteiger partial charge in [0.05, 0.1) is 28.7 Å². The van der Waals surface area contributed by atoms with Gasteiger partial charge in [0.2, 0.25) is 0 Å². The van der Waals surface area contributed by atoms with Crippen molar-refractivity contribution in [1.82, 2.24) is 0 Å². The summed E-state index contributed by atoms with van der Waals surface area (Å²) in [6.45, 7) is 1.48. The fourth-order valence-corrected chi connectivity index (χ4v) is 3.13. The maximum absolute atomic E-state index is 12.6. The molecule has 3 rings (SSSR count). The second-order valence-corrected chi connectivity index (χ2v) is 6.25. The topological polar surface area (TPSA) is 128 Å². The lowest BCUT2D eigenvalue weighted by atomic mass is 10.1. The Balaban J connectivity index is 1.87. The number of nitrogens with zero attached hydrogens (tertiary/aromatic N) is 3. The number of amides is 1. The molecule has 0 saturated carbocycles. The molecule has 1 saturated heterocycles. The van der Waals surface area contributed by atoms with Crippen molar-refractivity contribution < 1.29 is 19.4 Å². The standard InChI is InChI=1S/C18H18N4O6/c1-28-17-11-13(21(24)25)5-6-14(17)19-18(23)12-4-7-15(16(10-12)22(26)27)20-8-2-3-9-20/h4-7,10-11H,2-3,8-9H2,1H3,(H,19,23). The first kappa shape index (κ1) is 19.1. The number of non-ortho nitro benzene ring substituents is 1. The van der Waals surface area contributed by atoms with E-state index in [4.69, 9.17) is 4.74 Å². The summed E-state index contributed by atoms with van der Waals surface area (Å²) in [6.07, 6.45) is 1.94. The highest BCUT2D eigenvalue weighted by molar-refractivity contribution is 6.06. The van der Waals surface area contributed by atoms with Crippen LogP contribution < -0.4 is 15.0 Å². The second kappa shape index (κ2) is 7.91. The van der Waals surface area contributed by atoms with Crippen molar-refractivity contribution in [3.05, 3.63) is 62.2 Å². The molecule has 10 heteroatoms. The Morgan fingerprint density at radius 1 is 1.07 bits per heavy atom. The number of benzene rings is 2. The molecule has 0 spiro atoms. The number of hydrogen-bond donors (Lipinski definition) is 1. The van der Waals surface area contributed by atoms with Crippen molar-refractivity contribution in [3.63, 3.8) is 0 Å². The number of nitro benzene ring substituents is 2. The van der Waals surface area contributed by atoms with E-state index in [0.717, 1.165) is 25.9 Å². The number of nitro groups is 2. The third-order valence-corrected chi connectivity index (χ3v) is 4.53. The Labute approximate surface area is 160 Å². The van der Waals surface area contributed by atoms with Crippen LogP contribution in [0.15, 0.2) is 36.4 Å². The molecule has 1 heterocycles. The summed E-state index contributed by atoms with van der Waals surface area (Å²) in [4.78, 5) is 35.8. The fourth-order valence-electron chi connectivity index (χ4n) is 3.13. The van der Waals surface area contributed by atoms with Crippen LogP contribution in [0.4, 0.5) is 22.7 Å². The first-order valence-electron chi connectivity index (χ1n) is 8.58. The summed E-state index contributed by atoms with van der Waals surface area (Å²) in [7, 11) is 1.32. The van der Waals surface area contributed by atoms with E-state index in [0.29, 0.717) is 5.69 Å². The first-order valence-corrected chi connectivity index (χ1v) is 8.58. The molecule has 1 N–H and O–H groups in total. The zero-order valence-electron chi connectivity index (χ0n) is 15.1. The van der Waals surface area contributed by atoms with Crippen LogP contribution in [-0.2, 0) is 0 Å². The van der Waals surface area contributed by atoms with Crippen LogP contribution >= 0.6 is 0 Å². The minimum atomic E-state index is -0.580. The average Bonchev–Trinajstić information content (AvgIpc) is 3.22. The molecule has 146 valence electrons. The Morgan fingerprint density at radius 3 is 2.39 bits per heavy atom. The summed E-state index contributed by atoms with van der Waals surface area (Å²) in [6, 6.07) is 8.10. The van der Waals surface area contributed by atoms with E-state index < -0.39 is 15.8 Å². The van der Waals surface area contributed by atoms with Crippen molar-refractivity contribution >= 4 is 28.7 Å². The van der Waals surface area contributed by atoms with E-state index >= 15 is 0 Å². The van der Waals surface area contributed by atoms with Gasteiger partial charge in [-0.25, -0.2) is 0 Å². The molecule has 10 nitrogen and oxygen atoms in total. The van der Waals surface area contributed by atoms with Gasteiger partial charge in [0.25, 0.3) is 17.3 Å². The van der Waals surface area contributed by atoms with Crippen LogP contribution in [0.2, 0.25) is 0 Å². The van der Waals surface area contributed by atoms with Gasteiger partial charge in [-0.05, 0) is 31.0 Å². The van der Waals surface area contributed by atoms with Gasteiger partial charge in [0, 0.05) is 30.8 Å². The predicted molar refractivity (Wildman–Crippen MR) is 102 cm³/mol. The minimum Gasteiger partial charge on any atom is -0.494 e. The quantitative estimate of drug-likeness (QED) is 0.595. The highest BCUT2D eigenvalue weighted by Crippen LogP contribution is 2.33. The molecular weight excluding hydrogens is 368 g/mol. The molecule has 0 radical (unpaired) electrons. The van der Waals surface area contributed by atoms with Crippen LogP contribution in [0.1, 0.15) is 23.2 Å².